The molecule has 1 atom stereocenters. The Morgan fingerprint density at radius 3 is 2.68 bits per heavy atom. The van der Waals surface area contributed by atoms with Gasteiger partial charge in [0.1, 0.15) is 5.82 Å². The molecular formula is C15H14BrClFN. The molecule has 0 aromatic heterocycles. The van der Waals surface area contributed by atoms with Crippen molar-refractivity contribution in [3.63, 3.8) is 0 Å². The van der Waals surface area contributed by atoms with E-state index in [1.54, 1.807) is 12.1 Å². The smallest absolute Gasteiger partial charge is 0.137 e. The molecule has 0 saturated carbocycles. The Kier molecular flexibility index (Phi) is 4.83. The van der Waals surface area contributed by atoms with Crippen LogP contribution in [0.25, 0.3) is 0 Å². The van der Waals surface area contributed by atoms with Gasteiger partial charge in [-0.15, -0.1) is 0 Å². The Morgan fingerprint density at radius 2 is 2.05 bits per heavy atom. The minimum absolute atomic E-state index is 0.149. The molecule has 4 heteroatoms. The van der Waals surface area contributed by atoms with E-state index in [1.165, 1.54) is 6.07 Å². The van der Waals surface area contributed by atoms with Crippen LogP contribution in [0.4, 0.5) is 10.1 Å². The fraction of sp³-hybridized carbons (Fsp3) is 0.200. The zero-order valence-electron chi connectivity index (χ0n) is 10.5. The maximum atomic E-state index is 13.2. The summed E-state index contributed by atoms with van der Waals surface area (Å²) in [6, 6.07) is 12.8. The van der Waals surface area contributed by atoms with Crippen molar-refractivity contribution in [1.82, 2.24) is 0 Å². The van der Waals surface area contributed by atoms with E-state index in [-0.39, 0.29) is 11.9 Å². The molecular weight excluding hydrogens is 329 g/mol. The summed E-state index contributed by atoms with van der Waals surface area (Å²) in [4.78, 5) is 0. The molecule has 0 aliphatic heterocycles. The zero-order chi connectivity index (χ0) is 13.8. The minimum atomic E-state index is -0.263. The number of benzene rings is 2. The van der Waals surface area contributed by atoms with Crippen molar-refractivity contribution in [2.45, 2.75) is 19.4 Å². The highest BCUT2D eigenvalue weighted by molar-refractivity contribution is 9.10. The molecule has 2 aromatic rings. The Hall–Kier alpha value is -1.06. The Morgan fingerprint density at radius 1 is 1.26 bits per heavy atom. The van der Waals surface area contributed by atoms with E-state index >= 15 is 0 Å². The maximum absolute atomic E-state index is 13.2. The molecule has 100 valence electrons. The molecule has 2 aromatic carbocycles. The van der Waals surface area contributed by atoms with Gasteiger partial charge < -0.3 is 5.32 Å². The van der Waals surface area contributed by atoms with Crippen LogP contribution in [0.15, 0.2) is 46.9 Å². The average Bonchev–Trinajstić information content (AvgIpc) is 2.40. The second-order valence-electron chi connectivity index (χ2n) is 4.29. The van der Waals surface area contributed by atoms with E-state index in [9.17, 15) is 4.39 Å². The van der Waals surface area contributed by atoms with E-state index < -0.39 is 0 Å². The summed E-state index contributed by atoms with van der Waals surface area (Å²) in [6.45, 7) is 2.09. The maximum Gasteiger partial charge on any atom is 0.137 e. The second kappa shape index (κ2) is 6.40. The Balaban J connectivity index is 2.21. The van der Waals surface area contributed by atoms with Gasteiger partial charge in [0.2, 0.25) is 0 Å². The summed E-state index contributed by atoms with van der Waals surface area (Å²) >= 11 is 9.20. The number of nitrogens with one attached hydrogen (secondary N) is 1. The molecule has 0 saturated heterocycles. The van der Waals surface area contributed by atoms with Gasteiger partial charge in [-0.2, -0.15) is 0 Å². The normalized spacial score (nSPS) is 12.2. The van der Waals surface area contributed by atoms with Gasteiger partial charge in [-0.3, -0.25) is 0 Å². The summed E-state index contributed by atoms with van der Waals surface area (Å²) in [7, 11) is 0. The van der Waals surface area contributed by atoms with Gasteiger partial charge in [0.05, 0.1) is 10.5 Å². The Labute approximate surface area is 125 Å². The second-order valence-corrected chi connectivity index (χ2v) is 5.58. The van der Waals surface area contributed by atoms with Gasteiger partial charge in [0.15, 0.2) is 0 Å². The molecule has 2 rings (SSSR count). The van der Waals surface area contributed by atoms with Gasteiger partial charge in [-0.05, 0) is 58.2 Å². The number of rotatable bonds is 4. The van der Waals surface area contributed by atoms with Crippen LogP contribution < -0.4 is 5.32 Å². The average molecular weight is 343 g/mol. The lowest BCUT2D eigenvalue weighted by Crippen LogP contribution is -2.09. The van der Waals surface area contributed by atoms with Gasteiger partial charge in [0, 0.05) is 10.7 Å². The largest absolute Gasteiger partial charge is 0.378 e. The first kappa shape index (κ1) is 14.4. The van der Waals surface area contributed by atoms with Crippen LogP contribution in [0.3, 0.4) is 0 Å². The van der Waals surface area contributed by atoms with Crippen LogP contribution in [-0.4, -0.2) is 0 Å². The quantitative estimate of drug-likeness (QED) is 0.740. The van der Waals surface area contributed by atoms with E-state index in [0.717, 1.165) is 22.7 Å². The molecule has 19 heavy (non-hydrogen) atoms. The van der Waals surface area contributed by atoms with Crippen molar-refractivity contribution < 1.29 is 4.39 Å². The lowest BCUT2D eigenvalue weighted by molar-refractivity contribution is 0.621. The van der Waals surface area contributed by atoms with Crippen molar-refractivity contribution >= 4 is 33.2 Å². The molecule has 1 unspecified atom stereocenters. The summed E-state index contributed by atoms with van der Waals surface area (Å²) in [5.74, 6) is -0.263. The van der Waals surface area contributed by atoms with Crippen LogP contribution in [0.1, 0.15) is 24.9 Å². The van der Waals surface area contributed by atoms with E-state index in [0.29, 0.717) is 4.47 Å². The van der Waals surface area contributed by atoms with Crippen LogP contribution in [0, 0.1) is 5.82 Å². The number of anilines is 1. The van der Waals surface area contributed by atoms with Crippen LogP contribution >= 0.6 is 27.5 Å². The fourth-order valence-corrected chi connectivity index (χ4v) is 2.51. The van der Waals surface area contributed by atoms with Gasteiger partial charge in [-0.1, -0.05) is 30.7 Å². The molecule has 1 N–H and O–H groups in total. The Bertz CT molecular complexity index is 574. The SMILES string of the molecule is CCC(Nc1ccc(F)c(Br)c1)c1cccc(Cl)c1. The van der Waals surface area contributed by atoms with Crippen molar-refractivity contribution in [3.05, 3.63) is 63.3 Å². The first-order valence-corrected chi connectivity index (χ1v) is 7.24. The first-order valence-electron chi connectivity index (χ1n) is 6.07. The third-order valence-corrected chi connectivity index (χ3v) is 3.76. The van der Waals surface area contributed by atoms with Crippen LogP contribution in [0.5, 0.6) is 0 Å². The third kappa shape index (κ3) is 3.71. The molecule has 0 amide bonds. The lowest BCUT2D eigenvalue weighted by atomic mass is 10.0. The fourth-order valence-electron chi connectivity index (χ4n) is 1.93. The molecule has 1 nitrogen and oxygen atoms in total. The van der Waals surface area contributed by atoms with Crippen LogP contribution in [0.2, 0.25) is 5.02 Å². The molecule has 0 fully saturated rings. The third-order valence-electron chi connectivity index (χ3n) is 2.92. The van der Waals surface area contributed by atoms with Crippen molar-refractivity contribution in [2.24, 2.45) is 0 Å². The minimum Gasteiger partial charge on any atom is -0.378 e. The molecule has 0 aliphatic carbocycles. The first-order chi connectivity index (χ1) is 9.10. The molecule has 0 bridgehead atoms. The molecule has 0 heterocycles. The highest BCUT2D eigenvalue weighted by Crippen LogP contribution is 2.27. The highest BCUT2D eigenvalue weighted by atomic mass is 79.9. The van der Waals surface area contributed by atoms with Gasteiger partial charge in [-0.25, -0.2) is 4.39 Å². The molecule has 0 aliphatic rings. The standard InChI is InChI=1S/C15H14BrClFN/c1-2-15(10-4-3-5-11(17)8-10)19-12-6-7-14(18)13(16)9-12/h3-9,15,19H,2H2,1H3. The topological polar surface area (TPSA) is 12.0 Å². The summed E-state index contributed by atoms with van der Waals surface area (Å²) in [5, 5.41) is 4.11. The lowest BCUT2D eigenvalue weighted by Gasteiger charge is -2.19. The van der Waals surface area contributed by atoms with Crippen LogP contribution in [-0.2, 0) is 0 Å². The summed E-state index contributed by atoms with van der Waals surface area (Å²) in [5.41, 5.74) is 2.00. The van der Waals surface area contributed by atoms with Gasteiger partial charge >= 0.3 is 0 Å². The van der Waals surface area contributed by atoms with Crippen molar-refractivity contribution in [1.29, 1.82) is 0 Å². The summed E-state index contributed by atoms with van der Waals surface area (Å²) < 4.78 is 13.7. The predicted molar refractivity (Wildman–Crippen MR) is 82.2 cm³/mol. The number of hydrogen-bond donors (Lipinski definition) is 1. The number of halogens is 3. The predicted octanol–water partition coefficient (Wildman–Crippen LogP) is 5.80. The number of hydrogen-bond acceptors (Lipinski definition) is 1. The highest BCUT2D eigenvalue weighted by Gasteiger charge is 2.10. The van der Waals surface area contributed by atoms with E-state index in [4.69, 9.17) is 11.6 Å². The van der Waals surface area contributed by atoms with E-state index in [1.807, 2.05) is 24.3 Å². The molecule has 0 radical (unpaired) electrons. The summed E-state index contributed by atoms with van der Waals surface area (Å²) in [6.07, 6.45) is 0.912. The zero-order valence-corrected chi connectivity index (χ0v) is 12.8. The monoisotopic (exact) mass is 341 g/mol. The van der Waals surface area contributed by atoms with Crippen molar-refractivity contribution in [2.75, 3.05) is 5.32 Å². The van der Waals surface area contributed by atoms with Gasteiger partial charge in [0.25, 0.3) is 0 Å². The molecule has 0 spiro atoms. The van der Waals surface area contributed by atoms with E-state index in [2.05, 4.69) is 28.2 Å². The van der Waals surface area contributed by atoms with Crippen molar-refractivity contribution in [3.8, 4) is 0 Å².